The molecule has 1 aliphatic carbocycles. The average Bonchev–Trinajstić information content (AvgIpc) is 3.04. The van der Waals surface area contributed by atoms with Crippen LogP contribution < -0.4 is 10.6 Å². The average molecular weight is 404 g/mol. The van der Waals surface area contributed by atoms with Gasteiger partial charge < -0.3 is 10.6 Å². The smallest absolute Gasteiger partial charge is 0.256 e. The number of aromatic nitrogens is 2. The number of amides is 1. The minimum atomic E-state index is -0.214. The summed E-state index contributed by atoms with van der Waals surface area (Å²) in [7, 11) is 0. The molecule has 6 nitrogen and oxygen atoms in total. The fourth-order valence-corrected chi connectivity index (χ4v) is 4.80. The van der Waals surface area contributed by atoms with Gasteiger partial charge >= 0.3 is 0 Å². The standard InChI is InChI=1S/C22H21N5OS/c1-13-11-14(2)25-22(24-13)26-16-9-7-15(8-10-16)20(28)27-21-18(12-23)17-5-3-4-6-19(17)29-21/h7-11H,3-6H2,1-2H3,(H,27,28)(H,24,25,26). The molecule has 0 fully saturated rings. The second-order valence-electron chi connectivity index (χ2n) is 7.16. The van der Waals surface area contributed by atoms with E-state index in [0.717, 1.165) is 48.3 Å². The molecule has 1 aliphatic rings. The Labute approximate surface area is 173 Å². The van der Waals surface area contributed by atoms with Crippen molar-refractivity contribution >= 4 is 33.9 Å². The van der Waals surface area contributed by atoms with Crippen molar-refractivity contribution in [2.45, 2.75) is 39.5 Å². The molecular formula is C22H21N5OS. The van der Waals surface area contributed by atoms with E-state index in [1.807, 2.05) is 32.0 Å². The normalized spacial score (nSPS) is 12.7. The van der Waals surface area contributed by atoms with E-state index < -0.39 is 0 Å². The lowest BCUT2D eigenvalue weighted by atomic mass is 9.96. The lowest BCUT2D eigenvalue weighted by Gasteiger charge is -2.09. The van der Waals surface area contributed by atoms with E-state index in [1.165, 1.54) is 16.2 Å². The van der Waals surface area contributed by atoms with Crippen molar-refractivity contribution in [2.75, 3.05) is 10.6 Å². The highest BCUT2D eigenvalue weighted by atomic mass is 32.1. The number of anilines is 3. The Bertz CT molecular complexity index is 1090. The van der Waals surface area contributed by atoms with Crippen LogP contribution in [-0.4, -0.2) is 15.9 Å². The van der Waals surface area contributed by atoms with E-state index in [9.17, 15) is 10.1 Å². The third kappa shape index (κ3) is 4.13. The number of thiophene rings is 1. The molecular weight excluding hydrogens is 382 g/mol. The monoisotopic (exact) mass is 403 g/mol. The van der Waals surface area contributed by atoms with Crippen LogP contribution in [0.3, 0.4) is 0 Å². The molecule has 0 unspecified atom stereocenters. The van der Waals surface area contributed by atoms with Crippen LogP contribution in [0.1, 0.15) is 50.6 Å². The fourth-order valence-electron chi connectivity index (χ4n) is 3.56. The van der Waals surface area contributed by atoms with Crippen LogP contribution in [0.15, 0.2) is 30.3 Å². The van der Waals surface area contributed by atoms with E-state index in [2.05, 4.69) is 26.7 Å². The number of carbonyl (C=O) groups excluding carboxylic acids is 1. The van der Waals surface area contributed by atoms with Gasteiger partial charge in [-0.3, -0.25) is 4.79 Å². The molecule has 0 atom stereocenters. The second-order valence-corrected chi connectivity index (χ2v) is 8.26. The van der Waals surface area contributed by atoms with Gasteiger partial charge in [0.25, 0.3) is 5.91 Å². The Kier molecular flexibility index (Phi) is 5.28. The molecule has 146 valence electrons. The number of nitrogens with zero attached hydrogens (tertiary/aromatic N) is 3. The van der Waals surface area contributed by atoms with Crippen molar-refractivity contribution in [3.63, 3.8) is 0 Å². The lowest BCUT2D eigenvalue weighted by Crippen LogP contribution is -2.12. The number of hydrogen-bond donors (Lipinski definition) is 2. The molecule has 0 aliphatic heterocycles. The van der Waals surface area contributed by atoms with E-state index in [1.54, 1.807) is 12.1 Å². The molecule has 4 rings (SSSR count). The summed E-state index contributed by atoms with van der Waals surface area (Å²) >= 11 is 1.53. The number of aryl methyl sites for hydroxylation is 3. The van der Waals surface area contributed by atoms with Gasteiger partial charge in [-0.25, -0.2) is 9.97 Å². The van der Waals surface area contributed by atoms with Crippen LogP contribution in [0.25, 0.3) is 0 Å². The van der Waals surface area contributed by atoms with Gasteiger partial charge in [-0.1, -0.05) is 0 Å². The molecule has 2 N–H and O–H groups in total. The van der Waals surface area contributed by atoms with Crippen molar-refractivity contribution in [3.8, 4) is 6.07 Å². The van der Waals surface area contributed by atoms with Crippen LogP contribution in [-0.2, 0) is 12.8 Å². The topological polar surface area (TPSA) is 90.7 Å². The van der Waals surface area contributed by atoms with E-state index >= 15 is 0 Å². The van der Waals surface area contributed by atoms with Gasteiger partial charge in [0.05, 0.1) is 5.56 Å². The molecule has 0 bridgehead atoms. The highest BCUT2D eigenvalue weighted by molar-refractivity contribution is 7.16. The van der Waals surface area contributed by atoms with Crippen LogP contribution in [0, 0.1) is 25.2 Å². The predicted molar refractivity (Wildman–Crippen MR) is 115 cm³/mol. The summed E-state index contributed by atoms with van der Waals surface area (Å²) in [4.78, 5) is 22.7. The van der Waals surface area contributed by atoms with Gasteiger partial charge in [-0.05, 0) is 75.4 Å². The van der Waals surface area contributed by atoms with Gasteiger partial charge in [0, 0.05) is 27.5 Å². The molecule has 0 saturated heterocycles. The quantitative estimate of drug-likeness (QED) is 0.646. The Morgan fingerprint density at radius 1 is 1.10 bits per heavy atom. The minimum Gasteiger partial charge on any atom is -0.324 e. The van der Waals surface area contributed by atoms with Crippen LogP contribution in [0.4, 0.5) is 16.6 Å². The maximum absolute atomic E-state index is 12.7. The summed E-state index contributed by atoms with van der Waals surface area (Å²) in [5, 5.41) is 16.3. The number of fused-ring (bicyclic) bond motifs is 1. The second kappa shape index (κ2) is 8.02. The summed E-state index contributed by atoms with van der Waals surface area (Å²) in [6, 6.07) is 11.3. The van der Waals surface area contributed by atoms with Gasteiger partial charge in [0.2, 0.25) is 5.95 Å². The fraction of sp³-hybridized carbons (Fsp3) is 0.273. The zero-order valence-electron chi connectivity index (χ0n) is 16.4. The van der Waals surface area contributed by atoms with Gasteiger partial charge in [-0.15, -0.1) is 11.3 Å². The van der Waals surface area contributed by atoms with Gasteiger partial charge in [-0.2, -0.15) is 5.26 Å². The number of nitriles is 1. The minimum absolute atomic E-state index is 0.214. The molecule has 1 aromatic carbocycles. The number of carbonyl (C=O) groups is 1. The Morgan fingerprint density at radius 2 is 1.79 bits per heavy atom. The number of hydrogen-bond acceptors (Lipinski definition) is 6. The summed E-state index contributed by atoms with van der Waals surface area (Å²) in [6.45, 7) is 3.84. The van der Waals surface area contributed by atoms with E-state index in [4.69, 9.17) is 0 Å². The van der Waals surface area contributed by atoms with Crippen molar-refractivity contribution < 1.29 is 4.79 Å². The third-order valence-corrected chi connectivity index (χ3v) is 6.10. The molecule has 0 spiro atoms. The molecule has 2 aromatic heterocycles. The van der Waals surface area contributed by atoms with E-state index in [-0.39, 0.29) is 5.91 Å². The van der Waals surface area contributed by atoms with Crippen molar-refractivity contribution in [1.82, 2.24) is 9.97 Å². The maximum atomic E-state index is 12.7. The summed E-state index contributed by atoms with van der Waals surface area (Å²) in [5.74, 6) is 0.317. The SMILES string of the molecule is Cc1cc(C)nc(Nc2ccc(C(=O)Nc3sc4c(c3C#N)CCCC4)cc2)n1. The predicted octanol–water partition coefficient (Wildman–Crippen LogP) is 4.90. The highest BCUT2D eigenvalue weighted by Gasteiger charge is 2.22. The Morgan fingerprint density at radius 3 is 2.48 bits per heavy atom. The zero-order chi connectivity index (χ0) is 20.4. The lowest BCUT2D eigenvalue weighted by molar-refractivity contribution is 0.102. The van der Waals surface area contributed by atoms with Crippen molar-refractivity contribution in [1.29, 1.82) is 5.26 Å². The summed E-state index contributed by atoms with van der Waals surface area (Å²) < 4.78 is 0. The molecule has 7 heteroatoms. The summed E-state index contributed by atoms with van der Waals surface area (Å²) in [5.41, 5.74) is 4.87. The van der Waals surface area contributed by atoms with Gasteiger partial charge in [0.1, 0.15) is 11.1 Å². The Balaban J connectivity index is 1.49. The van der Waals surface area contributed by atoms with Crippen LogP contribution in [0.5, 0.6) is 0 Å². The van der Waals surface area contributed by atoms with E-state index in [0.29, 0.717) is 22.1 Å². The summed E-state index contributed by atoms with van der Waals surface area (Å²) in [6.07, 6.45) is 4.16. The maximum Gasteiger partial charge on any atom is 0.256 e. The third-order valence-electron chi connectivity index (χ3n) is 4.90. The number of nitrogens with one attached hydrogen (secondary N) is 2. The molecule has 3 aromatic rings. The molecule has 1 amide bonds. The first-order chi connectivity index (χ1) is 14.0. The number of rotatable bonds is 4. The zero-order valence-corrected chi connectivity index (χ0v) is 17.2. The first-order valence-electron chi connectivity index (χ1n) is 9.59. The molecule has 29 heavy (non-hydrogen) atoms. The molecule has 0 radical (unpaired) electrons. The first kappa shape index (κ1) is 19.1. The molecule has 2 heterocycles. The number of benzene rings is 1. The first-order valence-corrected chi connectivity index (χ1v) is 10.4. The van der Waals surface area contributed by atoms with Crippen molar-refractivity contribution in [2.24, 2.45) is 0 Å². The molecule has 0 saturated carbocycles. The van der Waals surface area contributed by atoms with Gasteiger partial charge in [0.15, 0.2) is 0 Å². The highest BCUT2D eigenvalue weighted by Crippen LogP contribution is 2.37. The van der Waals surface area contributed by atoms with Crippen molar-refractivity contribution in [3.05, 3.63) is 63.3 Å². The largest absolute Gasteiger partial charge is 0.324 e. The Hall–Kier alpha value is -3.24. The van der Waals surface area contributed by atoms with Crippen LogP contribution >= 0.6 is 11.3 Å². The van der Waals surface area contributed by atoms with Crippen LogP contribution in [0.2, 0.25) is 0 Å².